The molecule has 2 aromatic rings. The van der Waals surface area contributed by atoms with Gasteiger partial charge in [0.1, 0.15) is 0 Å². The second-order valence-electron chi connectivity index (χ2n) is 4.45. The molecule has 2 rings (SSSR count). The Morgan fingerprint density at radius 1 is 1.21 bits per heavy atom. The number of aryl methyl sites for hydroxylation is 3. The zero-order valence-corrected chi connectivity index (χ0v) is 11.9. The van der Waals surface area contributed by atoms with Gasteiger partial charge in [-0.2, -0.15) is 5.26 Å². The van der Waals surface area contributed by atoms with Crippen LogP contribution in [0, 0.1) is 32.1 Å². The molecule has 0 atom stereocenters. The first-order valence-electron chi connectivity index (χ1n) is 5.90. The second kappa shape index (κ2) is 5.25. The van der Waals surface area contributed by atoms with Crippen molar-refractivity contribution in [1.29, 1.82) is 5.26 Å². The first kappa shape index (κ1) is 13.3. The van der Waals surface area contributed by atoms with Crippen LogP contribution in [0.2, 0.25) is 0 Å². The highest BCUT2D eigenvalue weighted by atomic mass is 32.1. The number of amides is 1. The number of anilines is 1. The van der Waals surface area contributed by atoms with Crippen LogP contribution < -0.4 is 5.32 Å². The van der Waals surface area contributed by atoms with Gasteiger partial charge in [-0.3, -0.25) is 4.79 Å². The van der Waals surface area contributed by atoms with Crippen molar-refractivity contribution in [3.63, 3.8) is 0 Å². The van der Waals surface area contributed by atoms with Crippen molar-refractivity contribution < 1.29 is 4.79 Å². The molecule has 0 aliphatic heterocycles. The molecule has 1 heterocycles. The van der Waals surface area contributed by atoms with E-state index in [9.17, 15) is 4.79 Å². The largest absolute Gasteiger partial charge is 0.321 e. The third-order valence-electron chi connectivity index (χ3n) is 3.00. The summed E-state index contributed by atoms with van der Waals surface area (Å²) in [7, 11) is 0. The van der Waals surface area contributed by atoms with Crippen LogP contribution in [0.4, 0.5) is 5.69 Å². The Hall–Kier alpha value is -2.12. The van der Waals surface area contributed by atoms with E-state index >= 15 is 0 Å². The summed E-state index contributed by atoms with van der Waals surface area (Å²) in [4.78, 5) is 14.0. The molecule has 0 bridgehead atoms. The fraction of sp³-hybridized carbons (Fsp3) is 0.200. The van der Waals surface area contributed by atoms with E-state index in [1.54, 1.807) is 12.1 Å². The number of nitrogens with zero attached hydrogens (tertiary/aromatic N) is 1. The van der Waals surface area contributed by atoms with Gasteiger partial charge in [-0.25, -0.2) is 0 Å². The predicted molar refractivity (Wildman–Crippen MR) is 77.6 cm³/mol. The summed E-state index contributed by atoms with van der Waals surface area (Å²) in [6.07, 6.45) is 0. The van der Waals surface area contributed by atoms with E-state index in [0.717, 1.165) is 16.0 Å². The summed E-state index contributed by atoms with van der Waals surface area (Å²) in [6, 6.07) is 9.23. The summed E-state index contributed by atoms with van der Waals surface area (Å²) >= 11 is 1.48. The molecule has 4 heteroatoms. The van der Waals surface area contributed by atoms with Gasteiger partial charge in [0.15, 0.2) is 0 Å². The van der Waals surface area contributed by atoms with Crippen LogP contribution in [0.3, 0.4) is 0 Å². The number of carbonyl (C=O) groups is 1. The molecule has 0 saturated heterocycles. The average molecular weight is 270 g/mol. The number of hydrogen-bond acceptors (Lipinski definition) is 3. The van der Waals surface area contributed by atoms with Crippen LogP contribution in [-0.4, -0.2) is 5.91 Å². The van der Waals surface area contributed by atoms with E-state index in [0.29, 0.717) is 16.1 Å². The van der Waals surface area contributed by atoms with Crippen molar-refractivity contribution in [3.05, 3.63) is 50.7 Å². The van der Waals surface area contributed by atoms with Gasteiger partial charge in [0.25, 0.3) is 5.91 Å². The minimum Gasteiger partial charge on any atom is -0.321 e. The molecular weight excluding hydrogens is 256 g/mol. The Bertz CT molecular complexity index is 660. The van der Waals surface area contributed by atoms with Crippen LogP contribution in [-0.2, 0) is 0 Å². The third kappa shape index (κ3) is 2.83. The van der Waals surface area contributed by atoms with Gasteiger partial charge in [-0.05, 0) is 50.1 Å². The van der Waals surface area contributed by atoms with Gasteiger partial charge in [0.05, 0.1) is 16.5 Å². The second-order valence-corrected chi connectivity index (χ2v) is 5.70. The molecule has 1 aromatic heterocycles. The fourth-order valence-electron chi connectivity index (χ4n) is 1.70. The molecule has 0 saturated carbocycles. The molecule has 96 valence electrons. The van der Waals surface area contributed by atoms with Crippen molar-refractivity contribution >= 4 is 22.9 Å². The Morgan fingerprint density at radius 3 is 2.53 bits per heavy atom. The number of nitrogens with one attached hydrogen (secondary N) is 1. The maximum atomic E-state index is 12.1. The lowest BCUT2D eigenvalue weighted by molar-refractivity contribution is 0.103. The van der Waals surface area contributed by atoms with Gasteiger partial charge in [0, 0.05) is 10.6 Å². The monoisotopic (exact) mass is 270 g/mol. The minimum absolute atomic E-state index is 0.126. The molecule has 3 nitrogen and oxygen atoms in total. The number of benzene rings is 1. The van der Waals surface area contributed by atoms with Gasteiger partial charge in [-0.1, -0.05) is 6.07 Å². The zero-order valence-electron chi connectivity index (χ0n) is 11.1. The van der Waals surface area contributed by atoms with Crippen LogP contribution in [0.15, 0.2) is 24.3 Å². The lowest BCUT2D eigenvalue weighted by Crippen LogP contribution is -2.11. The normalized spacial score (nSPS) is 10.0. The smallest absolute Gasteiger partial charge is 0.265 e. The topological polar surface area (TPSA) is 52.9 Å². The lowest BCUT2D eigenvalue weighted by Gasteiger charge is -2.07. The highest BCUT2D eigenvalue weighted by Crippen LogP contribution is 2.23. The molecule has 0 spiro atoms. The van der Waals surface area contributed by atoms with Crippen LogP contribution in [0.25, 0.3) is 0 Å². The number of rotatable bonds is 2. The average Bonchev–Trinajstić information content (AvgIpc) is 2.72. The summed E-state index contributed by atoms with van der Waals surface area (Å²) < 4.78 is 0. The zero-order chi connectivity index (χ0) is 14.0. The molecule has 1 N–H and O–H groups in total. The Labute approximate surface area is 116 Å². The highest BCUT2D eigenvalue weighted by Gasteiger charge is 2.12. The number of thiophene rings is 1. The number of hydrogen-bond donors (Lipinski definition) is 1. The van der Waals surface area contributed by atoms with Crippen molar-refractivity contribution in [1.82, 2.24) is 0 Å². The van der Waals surface area contributed by atoms with Crippen LogP contribution in [0.1, 0.15) is 31.2 Å². The molecule has 0 radical (unpaired) electrons. The summed E-state index contributed by atoms with van der Waals surface area (Å²) in [5.41, 5.74) is 3.29. The first-order valence-corrected chi connectivity index (χ1v) is 6.72. The highest BCUT2D eigenvalue weighted by molar-refractivity contribution is 7.14. The molecule has 0 unspecified atom stereocenters. The van der Waals surface area contributed by atoms with Gasteiger partial charge < -0.3 is 5.32 Å². The summed E-state index contributed by atoms with van der Waals surface area (Å²) in [5.74, 6) is -0.126. The maximum Gasteiger partial charge on any atom is 0.265 e. The molecule has 0 aliphatic carbocycles. The molecule has 1 aromatic carbocycles. The van der Waals surface area contributed by atoms with E-state index in [1.165, 1.54) is 11.3 Å². The predicted octanol–water partition coefficient (Wildman–Crippen LogP) is 3.80. The van der Waals surface area contributed by atoms with Crippen LogP contribution in [0.5, 0.6) is 0 Å². The Kier molecular flexibility index (Phi) is 3.68. The van der Waals surface area contributed by atoms with Gasteiger partial charge in [0.2, 0.25) is 0 Å². The molecule has 0 fully saturated rings. The van der Waals surface area contributed by atoms with E-state index < -0.39 is 0 Å². The van der Waals surface area contributed by atoms with Crippen molar-refractivity contribution in [2.24, 2.45) is 0 Å². The van der Waals surface area contributed by atoms with E-state index in [4.69, 9.17) is 5.26 Å². The molecular formula is C15H14N2OS. The lowest BCUT2D eigenvalue weighted by atomic mass is 10.1. The fourth-order valence-corrected chi connectivity index (χ4v) is 2.62. The van der Waals surface area contributed by atoms with E-state index in [1.807, 2.05) is 32.9 Å². The number of carbonyl (C=O) groups excluding carboxylic acids is 1. The minimum atomic E-state index is -0.126. The van der Waals surface area contributed by atoms with Crippen molar-refractivity contribution in [2.75, 3.05) is 5.32 Å². The Balaban J connectivity index is 2.26. The molecule has 0 aliphatic rings. The quantitative estimate of drug-likeness (QED) is 0.902. The SMILES string of the molecule is Cc1ccc(C#N)cc1NC(=O)c1cc(C)c(C)s1. The number of nitriles is 1. The molecule has 19 heavy (non-hydrogen) atoms. The van der Waals surface area contributed by atoms with Crippen molar-refractivity contribution in [2.45, 2.75) is 20.8 Å². The maximum absolute atomic E-state index is 12.1. The van der Waals surface area contributed by atoms with Gasteiger partial charge in [-0.15, -0.1) is 11.3 Å². The summed E-state index contributed by atoms with van der Waals surface area (Å²) in [5, 5.41) is 11.7. The third-order valence-corrected chi connectivity index (χ3v) is 4.16. The van der Waals surface area contributed by atoms with Gasteiger partial charge >= 0.3 is 0 Å². The molecule has 1 amide bonds. The standard InChI is InChI=1S/C15H14N2OS/c1-9-4-5-12(8-16)7-13(9)17-15(18)14-6-10(2)11(3)19-14/h4-7H,1-3H3,(H,17,18). The van der Waals surface area contributed by atoms with Crippen LogP contribution >= 0.6 is 11.3 Å². The summed E-state index contributed by atoms with van der Waals surface area (Å²) in [6.45, 7) is 5.89. The Morgan fingerprint density at radius 2 is 1.95 bits per heavy atom. The van der Waals surface area contributed by atoms with Crippen molar-refractivity contribution in [3.8, 4) is 6.07 Å². The first-order chi connectivity index (χ1) is 9.01. The van der Waals surface area contributed by atoms with E-state index in [-0.39, 0.29) is 5.91 Å². The van der Waals surface area contributed by atoms with E-state index in [2.05, 4.69) is 11.4 Å².